The Morgan fingerprint density at radius 1 is 1.32 bits per heavy atom. The van der Waals surface area contributed by atoms with Crippen molar-refractivity contribution in [3.05, 3.63) is 34.9 Å². The van der Waals surface area contributed by atoms with Gasteiger partial charge in [-0.25, -0.2) is 0 Å². The molecule has 1 fully saturated rings. The Hall–Kier alpha value is -1.10. The highest BCUT2D eigenvalue weighted by molar-refractivity contribution is 6.30. The third kappa shape index (κ3) is 4.49. The van der Waals surface area contributed by atoms with Crippen LogP contribution in [0.3, 0.4) is 0 Å². The number of hydrogen-bond donors (Lipinski definition) is 2. The zero-order chi connectivity index (χ0) is 13.7. The lowest BCUT2D eigenvalue weighted by Gasteiger charge is -2.33. The zero-order valence-corrected chi connectivity index (χ0v) is 11.7. The lowest BCUT2D eigenvalue weighted by Crippen LogP contribution is -2.46. The van der Waals surface area contributed by atoms with Crippen LogP contribution in [0, 0.1) is 0 Å². The van der Waals surface area contributed by atoms with E-state index in [4.69, 9.17) is 17.3 Å². The van der Waals surface area contributed by atoms with Crippen molar-refractivity contribution in [2.75, 3.05) is 19.6 Å². The van der Waals surface area contributed by atoms with Crippen LogP contribution in [0.5, 0.6) is 0 Å². The summed E-state index contributed by atoms with van der Waals surface area (Å²) in [4.78, 5) is 13.4. The minimum atomic E-state index is -0.271. The predicted octanol–water partition coefficient (Wildman–Crippen LogP) is 1.38. The fraction of sp³-hybridized carbons (Fsp3) is 0.500. The molecule has 0 saturated carbocycles. The standard InChI is InChI=1S/C14H20ClN3O/c15-12-3-1-11(2-4-12)9-18(10-14(16)19)13-5-7-17-8-6-13/h1-4,13,17H,5-10H2,(H2,16,19). The predicted molar refractivity (Wildman–Crippen MR) is 76.9 cm³/mol. The van der Waals surface area contributed by atoms with Crippen molar-refractivity contribution in [2.24, 2.45) is 5.73 Å². The molecule has 1 aromatic carbocycles. The van der Waals surface area contributed by atoms with Crippen LogP contribution in [-0.2, 0) is 11.3 Å². The van der Waals surface area contributed by atoms with E-state index in [9.17, 15) is 4.79 Å². The average molecular weight is 282 g/mol. The first-order valence-corrected chi connectivity index (χ1v) is 7.00. The topological polar surface area (TPSA) is 58.4 Å². The van der Waals surface area contributed by atoms with E-state index in [0.717, 1.165) is 43.1 Å². The molecular formula is C14H20ClN3O. The molecule has 1 heterocycles. The molecular weight excluding hydrogens is 262 g/mol. The number of primary amides is 1. The minimum absolute atomic E-state index is 0.271. The van der Waals surface area contributed by atoms with Crippen LogP contribution in [0.15, 0.2) is 24.3 Å². The molecule has 1 aliphatic rings. The number of carbonyl (C=O) groups excluding carboxylic acids is 1. The van der Waals surface area contributed by atoms with Crippen LogP contribution in [0.25, 0.3) is 0 Å². The lowest BCUT2D eigenvalue weighted by atomic mass is 10.0. The van der Waals surface area contributed by atoms with E-state index in [1.54, 1.807) is 0 Å². The fourth-order valence-corrected chi connectivity index (χ4v) is 2.64. The number of amides is 1. The van der Waals surface area contributed by atoms with Gasteiger partial charge in [0.2, 0.25) is 5.91 Å². The first-order chi connectivity index (χ1) is 9.15. The Kier molecular flexibility index (Phi) is 5.19. The molecule has 0 spiro atoms. The maximum atomic E-state index is 11.2. The number of nitrogens with one attached hydrogen (secondary N) is 1. The SMILES string of the molecule is NC(=O)CN(Cc1ccc(Cl)cc1)C1CCNCC1. The van der Waals surface area contributed by atoms with Gasteiger partial charge in [-0.2, -0.15) is 0 Å². The Labute approximate surface area is 118 Å². The molecule has 0 unspecified atom stereocenters. The zero-order valence-electron chi connectivity index (χ0n) is 10.9. The number of nitrogens with two attached hydrogens (primary N) is 1. The van der Waals surface area contributed by atoms with Gasteiger partial charge in [0, 0.05) is 17.6 Å². The van der Waals surface area contributed by atoms with E-state index < -0.39 is 0 Å². The van der Waals surface area contributed by atoms with Crippen molar-refractivity contribution in [1.82, 2.24) is 10.2 Å². The molecule has 19 heavy (non-hydrogen) atoms. The van der Waals surface area contributed by atoms with E-state index in [0.29, 0.717) is 12.6 Å². The van der Waals surface area contributed by atoms with E-state index in [2.05, 4.69) is 10.2 Å². The second kappa shape index (κ2) is 6.89. The van der Waals surface area contributed by atoms with E-state index >= 15 is 0 Å². The van der Waals surface area contributed by atoms with E-state index in [1.165, 1.54) is 0 Å². The van der Waals surface area contributed by atoms with Gasteiger partial charge in [0.25, 0.3) is 0 Å². The lowest BCUT2D eigenvalue weighted by molar-refractivity contribution is -0.120. The summed E-state index contributed by atoms with van der Waals surface area (Å²) in [5.74, 6) is -0.271. The van der Waals surface area contributed by atoms with Crippen molar-refractivity contribution < 1.29 is 4.79 Å². The fourth-order valence-electron chi connectivity index (χ4n) is 2.51. The summed E-state index contributed by atoms with van der Waals surface area (Å²) in [6.07, 6.45) is 2.11. The quantitative estimate of drug-likeness (QED) is 0.857. The summed E-state index contributed by atoms with van der Waals surface area (Å²) in [5.41, 5.74) is 6.52. The highest BCUT2D eigenvalue weighted by atomic mass is 35.5. The van der Waals surface area contributed by atoms with Crippen molar-refractivity contribution in [2.45, 2.75) is 25.4 Å². The third-order valence-corrected chi connectivity index (χ3v) is 3.73. The van der Waals surface area contributed by atoms with Gasteiger partial charge in [-0.1, -0.05) is 23.7 Å². The normalized spacial score (nSPS) is 16.7. The third-order valence-electron chi connectivity index (χ3n) is 3.48. The molecule has 5 heteroatoms. The molecule has 104 valence electrons. The molecule has 1 amide bonds. The summed E-state index contributed by atoms with van der Waals surface area (Å²) < 4.78 is 0. The van der Waals surface area contributed by atoms with Gasteiger partial charge in [-0.05, 0) is 43.6 Å². The van der Waals surface area contributed by atoms with Crippen LogP contribution in [0.1, 0.15) is 18.4 Å². The number of carbonyl (C=O) groups is 1. The Bertz CT molecular complexity index is 415. The van der Waals surface area contributed by atoms with Crippen LogP contribution in [0.4, 0.5) is 0 Å². The second-order valence-corrected chi connectivity index (χ2v) is 5.42. The number of rotatable bonds is 5. The Morgan fingerprint density at radius 3 is 2.53 bits per heavy atom. The van der Waals surface area contributed by atoms with E-state index in [1.807, 2.05) is 24.3 Å². The van der Waals surface area contributed by atoms with Crippen LogP contribution in [0.2, 0.25) is 5.02 Å². The molecule has 0 aliphatic carbocycles. The molecule has 0 aromatic heterocycles. The highest BCUT2D eigenvalue weighted by Gasteiger charge is 2.22. The largest absolute Gasteiger partial charge is 0.369 e. The Morgan fingerprint density at radius 2 is 1.95 bits per heavy atom. The number of piperidine rings is 1. The molecule has 0 bridgehead atoms. The number of nitrogens with zero attached hydrogens (tertiary/aromatic N) is 1. The van der Waals surface area contributed by atoms with Crippen molar-refractivity contribution in [3.63, 3.8) is 0 Å². The van der Waals surface area contributed by atoms with Gasteiger partial charge in [-0.15, -0.1) is 0 Å². The summed E-state index contributed by atoms with van der Waals surface area (Å²) in [5, 5.41) is 4.06. The van der Waals surface area contributed by atoms with Gasteiger partial charge in [0.15, 0.2) is 0 Å². The second-order valence-electron chi connectivity index (χ2n) is 4.98. The molecule has 1 aliphatic heterocycles. The van der Waals surface area contributed by atoms with Gasteiger partial charge < -0.3 is 11.1 Å². The maximum Gasteiger partial charge on any atom is 0.231 e. The minimum Gasteiger partial charge on any atom is -0.369 e. The molecule has 3 N–H and O–H groups in total. The van der Waals surface area contributed by atoms with E-state index in [-0.39, 0.29) is 5.91 Å². The maximum absolute atomic E-state index is 11.2. The molecule has 0 radical (unpaired) electrons. The Balaban J connectivity index is 2.03. The van der Waals surface area contributed by atoms with Gasteiger partial charge >= 0.3 is 0 Å². The first kappa shape index (κ1) is 14.3. The molecule has 2 rings (SSSR count). The summed E-state index contributed by atoms with van der Waals surface area (Å²) in [6, 6.07) is 8.17. The smallest absolute Gasteiger partial charge is 0.231 e. The number of hydrogen-bond acceptors (Lipinski definition) is 3. The summed E-state index contributed by atoms with van der Waals surface area (Å²) in [7, 11) is 0. The van der Waals surface area contributed by atoms with Crippen molar-refractivity contribution in [3.8, 4) is 0 Å². The van der Waals surface area contributed by atoms with Crippen LogP contribution < -0.4 is 11.1 Å². The van der Waals surface area contributed by atoms with Crippen LogP contribution in [-0.4, -0.2) is 36.5 Å². The summed E-state index contributed by atoms with van der Waals surface area (Å²) >= 11 is 5.89. The van der Waals surface area contributed by atoms with Gasteiger partial charge in [0.1, 0.15) is 0 Å². The van der Waals surface area contributed by atoms with Gasteiger partial charge in [0.05, 0.1) is 6.54 Å². The highest BCUT2D eigenvalue weighted by Crippen LogP contribution is 2.17. The number of benzene rings is 1. The van der Waals surface area contributed by atoms with Crippen molar-refractivity contribution >= 4 is 17.5 Å². The van der Waals surface area contributed by atoms with Crippen molar-refractivity contribution in [1.29, 1.82) is 0 Å². The first-order valence-electron chi connectivity index (χ1n) is 6.62. The van der Waals surface area contributed by atoms with Crippen LogP contribution >= 0.6 is 11.6 Å². The molecule has 0 atom stereocenters. The average Bonchev–Trinajstić information content (AvgIpc) is 2.41. The van der Waals surface area contributed by atoms with Gasteiger partial charge in [-0.3, -0.25) is 9.69 Å². The number of halogens is 1. The monoisotopic (exact) mass is 281 g/mol. The molecule has 1 aromatic rings. The molecule has 1 saturated heterocycles. The molecule has 4 nitrogen and oxygen atoms in total. The summed E-state index contributed by atoms with van der Waals surface area (Å²) in [6.45, 7) is 3.05.